The number of nitrogens with one attached hydrogen (secondary N) is 1. The van der Waals surface area contributed by atoms with Gasteiger partial charge in [0.2, 0.25) is 19.5 Å². The summed E-state index contributed by atoms with van der Waals surface area (Å²) in [6, 6.07) is 35.4. The maximum atomic E-state index is 14.7. The van der Waals surface area contributed by atoms with Crippen LogP contribution in [0.3, 0.4) is 0 Å². The normalized spacial score (nSPS) is 22.5. The number of quaternary nitrogens is 1. The number of likely N-dealkylation sites (tertiary alicyclic amines) is 2. The van der Waals surface area contributed by atoms with E-state index >= 15 is 0 Å². The van der Waals surface area contributed by atoms with E-state index in [1.165, 1.54) is 12.1 Å². The van der Waals surface area contributed by atoms with Crippen molar-refractivity contribution in [1.29, 1.82) is 0 Å². The van der Waals surface area contributed by atoms with Crippen LogP contribution in [0.2, 0.25) is 0 Å². The molecule has 532 valence electrons. The zero-order valence-corrected chi connectivity index (χ0v) is 57.6. The van der Waals surface area contributed by atoms with Crippen molar-refractivity contribution < 1.29 is 87.3 Å². The van der Waals surface area contributed by atoms with E-state index in [1.807, 2.05) is 64.4 Å². The van der Waals surface area contributed by atoms with Crippen molar-refractivity contribution in [3.05, 3.63) is 166 Å². The number of ether oxygens (including phenoxy) is 7. The molecule has 23 heteroatoms. The molecule has 0 aliphatic carbocycles. The molecule has 23 nitrogen and oxygen atoms in total. The monoisotopic (exact) mass is 1370 g/mol. The molecule has 5 heterocycles. The largest absolute Gasteiger partial charge is 0.632 e. The van der Waals surface area contributed by atoms with Crippen LogP contribution in [0.1, 0.15) is 148 Å². The summed E-state index contributed by atoms with van der Waals surface area (Å²) in [6.07, 6.45) is 7.41. The fraction of sp³-hybridized carbons (Fsp3) is 0.461. The van der Waals surface area contributed by atoms with Crippen LogP contribution < -0.4 is 38.5 Å². The third kappa shape index (κ3) is 17.6. The Bertz CT molecular complexity index is 3670. The number of carbonyl (C=O) groups excluding carboxylic acids is 2. The molecule has 5 aliphatic rings. The van der Waals surface area contributed by atoms with Crippen molar-refractivity contribution in [2.24, 2.45) is 17.8 Å². The summed E-state index contributed by atoms with van der Waals surface area (Å²) >= 11 is 0. The molecule has 5 aliphatic heterocycles. The number of amides is 2. The number of carboxylic acid groups (broad SMARTS) is 3. The number of rotatable bonds is 28. The van der Waals surface area contributed by atoms with E-state index in [1.54, 1.807) is 86.9 Å². The van der Waals surface area contributed by atoms with Crippen LogP contribution in [0.4, 0.5) is 0 Å². The SMILES string of the molecule is CCCCN(CCCC)C(=O)CN1CC(c2ccc(O)c(O)c2)C(C(=O)O)C1c1ccc(OC)cc1.CCCCN(CCCC)C(=O)C[N+]1([O-])C[C@H](c2ccc3c(c2)OCO3)[C@@H](C(=O)O)[C@@H]1c1ccc(OC)cc1.COc1ccc(C2NCC(c3ccc4c(c3)OCO4)C2C(=O)O)cc1. The number of phenolic OH excluding ortho intramolecular Hbond substituents is 2. The molecule has 0 saturated carbocycles. The Morgan fingerprint density at radius 2 is 0.929 bits per heavy atom. The first-order valence-corrected chi connectivity index (χ1v) is 34.3. The number of benzene rings is 6. The molecule has 10 atom stereocenters. The van der Waals surface area contributed by atoms with Gasteiger partial charge in [0.05, 0.1) is 52.2 Å². The summed E-state index contributed by atoms with van der Waals surface area (Å²) in [5.74, 6) is -2.79. The van der Waals surface area contributed by atoms with Gasteiger partial charge in [-0.2, -0.15) is 0 Å². The Hall–Kier alpha value is -9.29. The van der Waals surface area contributed by atoms with E-state index in [4.69, 9.17) is 33.2 Å². The van der Waals surface area contributed by atoms with Crippen LogP contribution in [0.25, 0.3) is 0 Å². The van der Waals surface area contributed by atoms with E-state index in [0.29, 0.717) is 90.5 Å². The van der Waals surface area contributed by atoms with Crippen molar-refractivity contribution in [3.8, 4) is 51.7 Å². The molecule has 0 aromatic heterocycles. The third-order valence-electron chi connectivity index (χ3n) is 19.6. The minimum atomic E-state index is -1.06. The molecule has 0 radical (unpaired) electrons. The Morgan fingerprint density at radius 3 is 1.39 bits per heavy atom. The molecule has 0 spiro atoms. The lowest BCUT2D eigenvalue weighted by Crippen LogP contribution is -2.51. The van der Waals surface area contributed by atoms with Gasteiger partial charge >= 0.3 is 17.9 Å². The van der Waals surface area contributed by atoms with Gasteiger partial charge in [-0.1, -0.05) is 95.8 Å². The Kier molecular flexibility index (Phi) is 25.7. The number of carboxylic acids is 3. The number of nitrogens with zero attached hydrogens (tertiary/aromatic N) is 4. The van der Waals surface area contributed by atoms with Crippen LogP contribution >= 0.6 is 0 Å². The predicted molar refractivity (Wildman–Crippen MR) is 369 cm³/mol. The smallest absolute Gasteiger partial charge is 0.313 e. The summed E-state index contributed by atoms with van der Waals surface area (Å²) in [5, 5.41) is 68.6. The molecule has 99 heavy (non-hydrogen) atoms. The second-order valence-electron chi connectivity index (χ2n) is 25.9. The van der Waals surface area contributed by atoms with Crippen molar-refractivity contribution in [2.45, 2.75) is 115 Å². The number of fused-ring (bicyclic) bond motifs is 2. The van der Waals surface area contributed by atoms with Gasteiger partial charge in [-0.3, -0.25) is 28.9 Å². The number of carbonyl (C=O) groups is 5. The van der Waals surface area contributed by atoms with Crippen molar-refractivity contribution >= 4 is 29.7 Å². The summed E-state index contributed by atoms with van der Waals surface area (Å²) in [6.45, 7) is 11.9. The average Bonchev–Trinajstić information content (AvgIpc) is 1.49. The lowest BCUT2D eigenvalue weighted by molar-refractivity contribution is -0.892. The van der Waals surface area contributed by atoms with Crippen LogP contribution in [0.5, 0.6) is 51.7 Å². The lowest BCUT2D eigenvalue weighted by Gasteiger charge is -2.45. The predicted octanol–water partition coefficient (Wildman–Crippen LogP) is 11.6. The van der Waals surface area contributed by atoms with Crippen molar-refractivity contribution in [2.75, 3.05) is 93.8 Å². The van der Waals surface area contributed by atoms with Crippen LogP contribution in [0, 0.1) is 23.0 Å². The quantitative estimate of drug-likeness (QED) is 0.0151. The molecule has 11 rings (SSSR count). The third-order valence-corrected chi connectivity index (χ3v) is 19.6. The first kappa shape index (κ1) is 73.9. The van der Waals surface area contributed by atoms with Gasteiger partial charge in [-0.15, -0.1) is 0 Å². The van der Waals surface area contributed by atoms with Crippen LogP contribution in [-0.2, 0) is 24.0 Å². The zero-order valence-electron chi connectivity index (χ0n) is 57.6. The van der Waals surface area contributed by atoms with Gasteiger partial charge in [0.25, 0.3) is 5.91 Å². The zero-order chi connectivity index (χ0) is 70.9. The molecular weight excluding hydrogens is 1270 g/mol. The number of hydroxylamine groups is 3. The molecule has 0 bridgehead atoms. The number of phenols is 2. The van der Waals surface area contributed by atoms with E-state index in [-0.39, 0.29) is 68.5 Å². The van der Waals surface area contributed by atoms with Crippen LogP contribution in [-0.4, -0.2) is 168 Å². The molecule has 3 saturated heterocycles. The highest BCUT2D eigenvalue weighted by molar-refractivity contribution is 5.80. The van der Waals surface area contributed by atoms with E-state index < -0.39 is 64.2 Å². The lowest BCUT2D eigenvalue weighted by atomic mass is 9.82. The van der Waals surface area contributed by atoms with Crippen molar-refractivity contribution in [3.63, 3.8) is 0 Å². The summed E-state index contributed by atoms with van der Waals surface area (Å²) in [4.78, 5) is 70.1. The van der Waals surface area contributed by atoms with Gasteiger partial charge in [-0.25, -0.2) is 0 Å². The fourth-order valence-electron chi connectivity index (χ4n) is 14.4. The molecule has 2 amide bonds. The average molecular weight is 1370 g/mol. The number of aromatic hydroxyl groups is 2. The fourth-order valence-corrected chi connectivity index (χ4v) is 14.4. The molecular formula is C76H95N5O18. The minimum Gasteiger partial charge on any atom is -0.632 e. The summed E-state index contributed by atoms with van der Waals surface area (Å²) in [5.41, 5.74) is 4.56. The van der Waals surface area contributed by atoms with E-state index in [9.17, 15) is 54.7 Å². The number of hydrogen-bond acceptors (Lipinski definition) is 17. The summed E-state index contributed by atoms with van der Waals surface area (Å²) in [7, 11) is 4.73. The molecule has 7 unspecified atom stereocenters. The second-order valence-corrected chi connectivity index (χ2v) is 25.9. The highest BCUT2D eigenvalue weighted by atomic mass is 16.7. The standard InChI is InChI=1S/C29H38N2O7.C28H38N2O6.C19H19NO5/c1-4-6-14-30(15-7-5-2)26(32)18-31(35)17-23(21-10-13-24-25(16-21)38-19-37-24)27(29(33)34)28(31)20-8-11-22(36-3)12-9-20;1-4-6-14-29(15-7-5-2)25(33)18-30-17-22(20-10-13-23(31)24(32)16-20)26(28(34)35)27(30)19-8-11-21(36-3)12-9-19;1-23-13-5-2-11(3-6-13)18-17(19(21)22)14(9-20-18)12-4-7-15-16(8-12)25-10-24-15/h8-13,16,23,27-28H,4-7,14-15,17-19H2,1-3H3,(H,33,34);8-13,16,22,26-27,31-32H,4-7,14-15,17-18H2,1-3H3,(H,34,35);2-8,14,17-18,20H,9-10H2,1H3,(H,21,22)/t23-,27-,28+,31?;;/m1../s1. The van der Waals surface area contributed by atoms with Gasteiger partial charge in [-0.05, 0) is 138 Å². The Morgan fingerprint density at radius 1 is 0.505 bits per heavy atom. The van der Waals surface area contributed by atoms with Crippen molar-refractivity contribution in [1.82, 2.24) is 20.0 Å². The number of methoxy groups -OCH3 is 3. The van der Waals surface area contributed by atoms with Gasteiger partial charge in [0.15, 0.2) is 41.0 Å². The maximum Gasteiger partial charge on any atom is 0.313 e. The highest BCUT2D eigenvalue weighted by Crippen LogP contribution is 2.53. The van der Waals surface area contributed by atoms with Crippen LogP contribution in [0.15, 0.2) is 127 Å². The molecule has 6 aromatic rings. The maximum absolute atomic E-state index is 14.7. The first-order chi connectivity index (χ1) is 47.8. The topological polar surface area (TPSA) is 296 Å². The first-order valence-electron chi connectivity index (χ1n) is 34.3. The molecule has 3 fully saturated rings. The summed E-state index contributed by atoms with van der Waals surface area (Å²) < 4.78 is 36.5. The second kappa shape index (κ2) is 34.5. The van der Waals surface area contributed by atoms with E-state index in [0.717, 1.165) is 73.8 Å². The highest BCUT2D eigenvalue weighted by Gasteiger charge is 2.56. The minimum absolute atomic E-state index is 0.00578. The Labute approximate surface area is 578 Å². The molecule has 6 N–H and O–H groups in total. The molecule has 6 aromatic carbocycles. The Balaban J connectivity index is 0.000000177. The van der Waals surface area contributed by atoms with Gasteiger partial charge in [0.1, 0.15) is 29.2 Å². The number of aliphatic carboxylic acids is 3. The number of unbranched alkanes of at least 4 members (excludes halogenated alkanes) is 4. The van der Waals surface area contributed by atoms with Gasteiger partial charge < -0.3 is 83.7 Å². The number of hydrogen-bond donors (Lipinski definition) is 6. The van der Waals surface area contributed by atoms with E-state index in [2.05, 4.69) is 33.0 Å². The van der Waals surface area contributed by atoms with Gasteiger partial charge in [0, 0.05) is 68.8 Å².